The molecule has 112 valence electrons. The summed E-state index contributed by atoms with van der Waals surface area (Å²) in [6.07, 6.45) is 7.00. The minimum Gasteiger partial charge on any atom is -0.425 e. The highest BCUT2D eigenvalue weighted by Gasteiger charge is 2.20. The van der Waals surface area contributed by atoms with E-state index in [1.165, 1.54) is 32.1 Å². The van der Waals surface area contributed by atoms with Crippen LogP contribution >= 0.6 is 11.6 Å². The van der Waals surface area contributed by atoms with Gasteiger partial charge in [0.05, 0.1) is 0 Å². The molecule has 5 heteroatoms. The molecule has 0 unspecified atom stereocenters. The fourth-order valence-corrected chi connectivity index (χ4v) is 2.89. The Morgan fingerprint density at radius 3 is 2.62 bits per heavy atom. The standard InChI is InChI=1S/C16H20ClN3O/c17-13-6-8-14(9-7-13)18-11-10-15-19-20-16(21-15)12-4-2-1-3-5-12/h6-9,12,18H,1-5,10-11H2. The van der Waals surface area contributed by atoms with Crippen molar-refractivity contribution < 1.29 is 4.42 Å². The van der Waals surface area contributed by atoms with Crippen molar-refractivity contribution in [1.82, 2.24) is 10.2 Å². The summed E-state index contributed by atoms with van der Waals surface area (Å²) in [5, 5.41) is 12.4. The van der Waals surface area contributed by atoms with Gasteiger partial charge in [0.2, 0.25) is 11.8 Å². The lowest BCUT2D eigenvalue weighted by Gasteiger charge is -2.17. The monoisotopic (exact) mass is 305 g/mol. The Bertz CT molecular complexity index is 561. The Hall–Kier alpha value is -1.55. The molecule has 21 heavy (non-hydrogen) atoms. The highest BCUT2D eigenvalue weighted by atomic mass is 35.5. The van der Waals surface area contributed by atoms with Gasteiger partial charge in [-0.1, -0.05) is 30.9 Å². The number of halogens is 1. The van der Waals surface area contributed by atoms with Crippen LogP contribution in [0.25, 0.3) is 0 Å². The molecule has 2 aromatic rings. The third-order valence-electron chi connectivity index (χ3n) is 3.95. The van der Waals surface area contributed by atoms with Gasteiger partial charge in [-0.2, -0.15) is 0 Å². The smallest absolute Gasteiger partial charge is 0.219 e. The second-order valence-corrected chi connectivity index (χ2v) is 5.99. The molecular formula is C16H20ClN3O. The summed E-state index contributed by atoms with van der Waals surface area (Å²) in [6, 6.07) is 7.67. The van der Waals surface area contributed by atoms with Crippen LogP contribution in [0.4, 0.5) is 5.69 Å². The quantitative estimate of drug-likeness (QED) is 0.888. The number of nitrogens with zero attached hydrogens (tertiary/aromatic N) is 2. The lowest BCUT2D eigenvalue weighted by molar-refractivity contribution is 0.352. The van der Waals surface area contributed by atoms with Crippen molar-refractivity contribution in [2.45, 2.75) is 44.4 Å². The summed E-state index contributed by atoms with van der Waals surface area (Å²) in [6.45, 7) is 0.772. The number of benzene rings is 1. The lowest BCUT2D eigenvalue weighted by Crippen LogP contribution is -2.05. The molecule has 0 radical (unpaired) electrons. The summed E-state index contributed by atoms with van der Waals surface area (Å²) in [7, 11) is 0. The Kier molecular flexibility index (Phi) is 4.76. The highest BCUT2D eigenvalue weighted by Crippen LogP contribution is 2.31. The average molecular weight is 306 g/mol. The van der Waals surface area contributed by atoms with E-state index in [9.17, 15) is 0 Å². The van der Waals surface area contributed by atoms with E-state index < -0.39 is 0 Å². The third-order valence-corrected chi connectivity index (χ3v) is 4.20. The normalized spacial score (nSPS) is 16.0. The first kappa shape index (κ1) is 14.4. The predicted molar refractivity (Wildman–Crippen MR) is 83.8 cm³/mol. The van der Waals surface area contributed by atoms with E-state index in [-0.39, 0.29) is 0 Å². The largest absolute Gasteiger partial charge is 0.425 e. The van der Waals surface area contributed by atoms with Gasteiger partial charge in [0, 0.05) is 29.6 Å². The first-order valence-electron chi connectivity index (χ1n) is 7.63. The molecule has 4 nitrogen and oxygen atoms in total. The van der Waals surface area contributed by atoms with Crippen LogP contribution in [0.3, 0.4) is 0 Å². The zero-order chi connectivity index (χ0) is 14.5. The number of rotatable bonds is 5. The van der Waals surface area contributed by atoms with Gasteiger partial charge in [-0.25, -0.2) is 0 Å². The Morgan fingerprint density at radius 2 is 1.86 bits per heavy atom. The summed E-state index contributed by atoms with van der Waals surface area (Å²) in [4.78, 5) is 0. The first-order chi connectivity index (χ1) is 10.3. The van der Waals surface area contributed by atoms with E-state index in [1.807, 2.05) is 24.3 Å². The molecule has 1 aromatic carbocycles. The van der Waals surface area contributed by atoms with Crippen molar-refractivity contribution in [2.75, 3.05) is 11.9 Å². The fraction of sp³-hybridized carbons (Fsp3) is 0.500. The third kappa shape index (κ3) is 3.97. The van der Waals surface area contributed by atoms with Crippen LogP contribution in [0.1, 0.15) is 49.8 Å². The van der Waals surface area contributed by atoms with Gasteiger partial charge in [0.25, 0.3) is 0 Å². The van der Waals surface area contributed by atoms with Crippen molar-refractivity contribution in [1.29, 1.82) is 0 Å². The zero-order valence-corrected chi connectivity index (χ0v) is 12.8. The van der Waals surface area contributed by atoms with E-state index in [0.29, 0.717) is 5.92 Å². The van der Waals surface area contributed by atoms with Crippen LogP contribution in [0, 0.1) is 0 Å². The Morgan fingerprint density at radius 1 is 1.10 bits per heavy atom. The van der Waals surface area contributed by atoms with Crippen LogP contribution in [-0.2, 0) is 6.42 Å². The topological polar surface area (TPSA) is 51.0 Å². The van der Waals surface area contributed by atoms with Gasteiger partial charge in [-0.15, -0.1) is 10.2 Å². The molecule has 0 bridgehead atoms. The van der Waals surface area contributed by atoms with Crippen molar-refractivity contribution in [2.24, 2.45) is 0 Å². The molecule has 0 aliphatic heterocycles. The van der Waals surface area contributed by atoms with Gasteiger partial charge in [-0.3, -0.25) is 0 Å². The molecule has 3 rings (SSSR count). The summed E-state index contributed by atoms with van der Waals surface area (Å²) >= 11 is 5.86. The maximum atomic E-state index is 5.86. The van der Waals surface area contributed by atoms with Gasteiger partial charge in [0.15, 0.2) is 0 Å². The molecule has 1 aromatic heterocycles. The maximum Gasteiger partial charge on any atom is 0.219 e. The SMILES string of the molecule is Clc1ccc(NCCc2nnc(C3CCCCC3)o2)cc1. The van der Waals surface area contributed by atoms with E-state index in [4.69, 9.17) is 16.0 Å². The van der Waals surface area contributed by atoms with Crippen LogP contribution in [-0.4, -0.2) is 16.7 Å². The molecule has 1 N–H and O–H groups in total. The van der Waals surface area contributed by atoms with E-state index in [0.717, 1.165) is 35.5 Å². The van der Waals surface area contributed by atoms with E-state index in [2.05, 4.69) is 15.5 Å². The van der Waals surface area contributed by atoms with Gasteiger partial charge in [0.1, 0.15) is 0 Å². The van der Waals surface area contributed by atoms with Crippen molar-refractivity contribution in [3.05, 3.63) is 41.1 Å². The van der Waals surface area contributed by atoms with E-state index in [1.54, 1.807) is 0 Å². The minimum absolute atomic E-state index is 0.476. The molecule has 1 saturated carbocycles. The summed E-state index contributed by atoms with van der Waals surface area (Å²) < 4.78 is 5.80. The van der Waals surface area contributed by atoms with Crippen LogP contribution in [0.15, 0.2) is 28.7 Å². The van der Waals surface area contributed by atoms with Gasteiger partial charge >= 0.3 is 0 Å². The van der Waals surface area contributed by atoms with Crippen molar-refractivity contribution in [3.8, 4) is 0 Å². The first-order valence-corrected chi connectivity index (χ1v) is 8.01. The van der Waals surface area contributed by atoms with E-state index >= 15 is 0 Å². The summed E-state index contributed by atoms with van der Waals surface area (Å²) in [5.74, 6) is 2.03. The van der Waals surface area contributed by atoms with Crippen molar-refractivity contribution >= 4 is 17.3 Å². The number of aromatic nitrogens is 2. The minimum atomic E-state index is 0.476. The lowest BCUT2D eigenvalue weighted by atomic mass is 9.89. The second kappa shape index (κ2) is 6.94. The molecule has 0 atom stereocenters. The molecule has 1 aliphatic rings. The zero-order valence-electron chi connectivity index (χ0n) is 12.0. The molecule has 1 fully saturated rings. The molecule has 0 spiro atoms. The molecule has 0 saturated heterocycles. The van der Waals surface area contributed by atoms with Gasteiger partial charge < -0.3 is 9.73 Å². The molecule has 1 aliphatic carbocycles. The molecular weight excluding hydrogens is 286 g/mol. The highest BCUT2D eigenvalue weighted by molar-refractivity contribution is 6.30. The average Bonchev–Trinajstić information content (AvgIpc) is 2.99. The maximum absolute atomic E-state index is 5.86. The Balaban J connectivity index is 1.49. The fourth-order valence-electron chi connectivity index (χ4n) is 2.76. The number of nitrogens with one attached hydrogen (secondary N) is 1. The number of hydrogen-bond acceptors (Lipinski definition) is 4. The molecule has 0 amide bonds. The van der Waals surface area contributed by atoms with Crippen molar-refractivity contribution in [3.63, 3.8) is 0 Å². The molecule has 1 heterocycles. The predicted octanol–water partition coefficient (Wildman–Crippen LogP) is 4.43. The number of hydrogen-bond donors (Lipinski definition) is 1. The van der Waals surface area contributed by atoms with Gasteiger partial charge in [-0.05, 0) is 37.1 Å². The second-order valence-electron chi connectivity index (χ2n) is 5.55. The van der Waals surface area contributed by atoms with Crippen LogP contribution in [0.2, 0.25) is 5.02 Å². The van der Waals surface area contributed by atoms with Crippen LogP contribution in [0.5, 0.6) is 0 Å². The number of anilines is 1. The van der Waals surface area contributed by atoms with Crippen LogP contribution < -0.4 is 5.32 Å². The summed E-state index contributed by atoms with van der Waals surface area (Å²) in [5.41, 5.74) is 1.05. The Labute approximate surface area is 129 Å².